The van der Waals surface area contributed by atoms with Crippen LogP contribution in [0.4, 0.5) is 5.69 Å². The molecule has 0 saturated carbocycles. The van der Waals surface area contributed by atoms with E-state index < -0.39 is 0 Å². The summed E-state index contributed by atoms with van der Waals surface area (Å²) in [5.41, 5.74) is 3.07. The summed E-state index contributed by atoms with van der Waals surface area (Å²) < 4.78 is 12.4. The molecule has 1 fully saturated rings. The largest absolute Gasteiger partial charge is 0.495 e. The molecule has 0 radical (unpaired) electrons. The van der Waals surface area contributed by atoms with Gasteiger partial charge in [0.05, 0.1) is 11.2 Å². The van der Waals surface area contributed by atoms with Gasteiger partial charge in [-0.1, -0.05) is 24.3 Å². The first kappa shape index (κ1) is 13.2. The third-order valence-electron chi connectivity index (χ3n) is 5.14. The molecule has 2 aromatic rings. The molecule has 0 amide bonds. The van der Waals surface area contributed by atoms with Crippen molar-refractivity contribution in [3.8, 4) is 0 Å². The normalized spacial score (nSPS) is 21.8. The molecule has 1 N–H and O–H groups in total. The Kier molecular flexibility index (Phi) is 2.52. The number of nitrogens with one attached hydrogen (secondary N) is 1. The van der Waals surface area contributed by atoms with Gasteiger partial charge in [0.25, 0.3) is 0 Å². The van der Waals surface area contributed by atoms with Crippen molar-refractivity contribution in [1.29, 1.82) is 0 Å². The number of anilines is 1. The zero-order valence-corrected chi connectivity index (χ0v) is 13.0. The predicted molar refractivity (Wildman–Crippen MR) is 87.0 cm³/mol. The van der Waals surface area contributed by atoms with Gasteiger partial charge >= 0.3 is 7.12 Å². The first-order valence-electron chi connectivity index (χ1n) is 7.53. The lowest BCUT2D eigenvalue weighted by molar-refractivity contribution is 0.00578. The molecule has 0 unspecified atom stereocenters. The third kappa shape index (κ3) is 1.76. The summed E-state index contributed by atoms with van der Waals surface area (Å²) in [6.45, 7) is 9.27. The smallest absolute Gasteiger partial charge is 0.399 e. The molecule has 1 saturated heterocycles. The van der Waals surface area contributed by atoms with Gasteiger partial charge in [-0.3, -0.25) is 0 Å². The van der Waals surface area contributed by atoms with Crippen LogP contribution in [0.2, 0.25) is 0 Å². The lowest BCUT2D eigenvalue weighted by atomic mass is 9.75. The van der Waals surface area contributed by atoms with E-state index in [1.165, 1.54) is 22.0 Å². The highest BCUT2D eigenvalue weighted by molar-refractivity contribution is 6.65. The fourth-order valence-electron chi connectivity index (χ4n) is 3.17. The minimum atomic E-state index is -0.307. The van der Waals surface area contributed by atoms with E-state index >= 15 is 0 Å². The number of benzene rings is 2. The Morgan fingerprint density at radius 2 is 1.71 bits per heavy atom. The van der Waals surface area contributed by atoms with Crippen LogP contribution in [0, 0.1) is 0 Å². The zero-order valence-electron chi connectivity index (χ0n) is 13.0. The van der Waals surface area contributed by atoms with E-state index in [0.29, 0.717) is 0 Å². The van der Waals surface area contributed by atoms with E-state index in [2.05, 4.69) is 63.3 Å². The van der Waals surface area contributed by atoms with Gasteiger partial charge in [-0.25, -0.2) is 0 Å². The molecular weight excluding hydrogens is 261 g/mol. The first-order valence-corrected chi connectivity index (χ1v) is 7.53. The summed E-state index contributed by atoms with van der Waals surface area (Å²) in [5, 5.41) is 5.98. The van der Waals surface area contributed by atoms with Crippen molar-refractivity contribution in [2.24, 2.45) is 0 Å². The van der Waals surface area contributed by atoms with Crippen molar-refractivity contribution in [1.82, 2.24) is 0 Å². The van der Waals surface area contributed by atoms with Gasteiger partial charge in [0.15, 0.2) is 0 Å². The second-order valence-electron chi connectivity index (χ2n) is 6.98. The quantitative estimate of drug-likeness (QED) is 0.815. The van der Waals surface area contributed by atoms with Gasteiger partial charge in [-0.2, -0.15) is 0 Å². The maximum absolute atomic E-state index is 6.22. The summed E-state index contributed by atoms with van der Waals surface area (Å²) >= 11 is 0. The lowest BCUT2D eigenvalue weighted by Gasteiger charge is -2.32. The second kappa shape index (κ2) is 4.02. The number of hydrogen-bond donors (Lipinski definition) is 1. The molecule has 21 heavy (non-hydrogen) atoms. The number of hydrogen-bond acceptors (Lipinski definition) is 3. The van der Waals surface area contributed by atoms with E-state index in [-0.39, 0.29) is 18.3 Å². The Morgan fingerprint density at radius 3 is 2.43 bits per heavy atom. The van der Waals surface area contributed by atoms with Crippen LogP contribution in [0.5, 0.6) is 0 Å². The molecule has 3 nitrogen and oxygen atoms in total. The SMILES string of the molecule is CC1(C)OB(c2ccc3c4c(cccc24)CN3)OC1(C)C. The van der Waals surface area contributed by atoms with Gasteiger partial charge in [0, 0.05) is 17.6 Å². The lowest BCUT2D eigenvalue weighted by Crippen LogP contribution is -2.41. The minimum Gasteiger partial charge on any atom is -0.399 e. The number of rotatable bonds is 1. The highest BCUT2D eigenvalue weighted by Gasteiger charge is 2.52. The van der Waals surface area contributed by atoms with Crippen LogP contribution in [0.15, 0.2) is 30.3 Å². The highest BCUT2D eigenvalue weighted by Crippen LogP contribution is 2.38. The molecule has 0 atom stereocenters. The van der Waals surface area contributed by atoms with Crippen molar-refractivity contribution in [3.05, 3.63) is 35.9 Å². The van der Waals surface area contributed by atoms with Crippen LogP contribution in [-0.4, -0.2) is 18.3 Å². The van der Waals surface area contributed by atoms with Crippen LogP contribution >= 0.6 is 0 Å². The summed E-state index contributed by atoms with van der Waals surface area (Å²) in [4.78, 5) is 0. The molecule has 0 aliphatic carbocycles. The molecule has 2 aromatic carbocycles. The van der Waals surface area contributed by atoms with Gasteiger partial charge < -0.3 is 14.6 Å². The molecule has 0 aromatic heterocycles. The van der Waals surface area contributed by atoms with E-state index in [1.54, 1.807) is 0 Å². The van der Waals surface area contributed by atoms with Gasteiger partial charge in [0.2, 0.25) is 0 Å². The summed E-state index contributed by atoms with van der Waals surface area (Å²) in [6.07, 6.45) is 0. The molecule has 0 bridgehead atoms. The fourth-order valence-corrected chi connectivity index (χ4v) is 3.17. The van der Waals surface area contributed by atoms with Crippen LogP contribution in [-0.2, 0) is 15.9 Å². The van der Waals surface area contributed by atoms with Crippen LogP contribution < -0.4 is 10.8 Å². The molecule has 0 spiro atoms. The maximum Gasteiger partial charge on any atom is 0.495 e. The molecule has 4 rings (SSSR count). The van der Waals surface area contributed by atoms with Crippen LogP contribution in [0.3, 0.4) is 0 Å². The van der Waals surface area contributed by atoms with Crippen LogP contribution in [0.1, 0.15) is 33.3 Å². The van der Waals surface area contributed by atoms with Crippen LogP contribution in [0.25, 0.3) is 10.8 Å². The van der Waals surface area contributed by atoms with Gasteiger partial charge in [-0.05, 0) is 50.2 Å². The van der Waals surface area contributed by atoms with E-state index in [4.69, 9.17) is 9.31 Å². The molecule has 2 heterocycles. The van der Waals surface area contributed by atoms with E-state index in [1.807, 2.05) is 0 Å². The molecule has 4 heteroatoms. The topological polar surface area (TPSA) is 30.5 Å². The van der Waals surface area contributed by atoms with Crippen molar-refractivity contribution in [2.75, 3.05) is 5.32 Å². The van der Waals surface area contributed by atoms with Gasteiger partial charge in [0.1, 0.15) is 0 Å². The second-order valence-corrected chi connectivity index (χ2v) is 6.98. The fraction of sp³-hybridized carbons (Fsp3) is 0.412. The van der Waals surface area contributed by atoms with E-state index in [0.717, 1.165) is 12.0 Å². The van der Waals surface area contributed by atoms with Crippen molar-refractivity contribution in [3.63, 3.8) is 0 Å². The standard InChI is InChI=1S/C17H20BNO2/c1-16(2)17(3,4)21-18(20-16)13-8-9-14-15-11(10-19-14)6-5-7-12(13)15/h5-9,19H,10H2,1-4H3. The summed E-state index contributed by atoms with van der Waals surface area (Å²) in [5.74, 6) is 0. The van der Waals surface area contributed by atoms with Crippen molar-refractivity contribution < 1.29 is 9.31 Å². The minimum absolute atomic E-state index is 0.306. The molecule has 2 aliphatic heterocycles. The predicted octanol–water partition coefficient (Wildman–Crippen LogP) is 3.06. The average molecular weight is 281 g/mol. The highest BCUT2D eigenvalue weighted by atomic mass is 16.7. The monoisotopic (exact) mass is 281 g/mol. The average Bonchev–Trinajstić information content (AvgIpc) is 2.91. The Labute approximate surface area is 125 Å². The Hall–Kier alpha value is -1.52. The molecule has 108 valence electrons. The van der Waals surface area contributed by atoms with Crippen molar-refractivity contribution >= 4 is 29.0 Å². The molecular formula is C17H20BNO2. The zero-order chi connectivity index (χ0) is 14.8. The van der Waals surface area contributed by atoms with Crippen molar-refractivity contribution in [2.45, 2.75) is 45.4 Å². The van der Waals surface area contributed by atoms with E-state index in [9.17, 15) is 0 Å². The third-order valence-corrected chi connectivity index (χ3v) is 5.14. The summed E-state index contributed by atoms with van der Waals surface area (Å²) in [7, 11) is -0.306. The molecule has 2 aliphatic rings. The van der Waals surface area contributed by atoms with Gasteiger partial charge in [-0.15, -0.1) is 0 Å². The Bertz CT molecular complexity index is 713. The Balaban J connectivity index is 1.87. The summed E-state index contributed by atoms with van der Waals surface area (Å²) in [6, 6.07) is 10.7. The maximum atomic E-state index is 6.22. The first-order chi connectivity index (χ1) is 9.89. The Morgan fingerprint density at radius 1 is 1.00 bits per heavy atom.